The number of amides is 2. The molecule has 4 aromatic rings. The molecule has 0 saturated carbocycles. The van der Waals surface area contributed by atoms with Gasteiger partial charge in [0.25, 0.3) is 5.91 Å². The van der Waals surface area contributed by atoms with Crippen molar-refractivity contribution in [3.05, 3.63) is 119 Å². The summed E-state index contributed by atoms with van der Waals surface area (Å²) < 4.78 is 45.2. The minimum atomic E-state index is -4.51. The lowest BCUT2D eigenvalue weighted by Crippen LogP contribution is -2.49. The molecule has 0 spiro atoms. The van der Waals surface area contributed by atoms with Gasteiger partial charge in [-0.15, -0.1) is 0 Å². The third-order valence-corrected chi connectivity index (χ3v) is 11.4. The maximum absolute atomic E-state index is 13.9. The second-order valence-corrected chi connectivity index (χ2v) is 14.5. The van der Waals surface area contributed by atoms with E-state index in [1.807, 2.05) is 83.8 Å². The summed E-state index contributed by atoms with van der Waals surface area (Å²) in [5.74, 6) is 0.207. The van der Waals surface area contributed by atoms with Crippen LogP contribution in [-0.4, -0.2) is 74.2 Å². The van der Waals surface area contributed by atoms with E-state index in [0.717, 1.165) is 88.2 Å². The molecular weight excluding hydrogens is 674 g/mol. The SMILES string of the molecule is COc1cccc(CN2Cc3ccc(N4CCN(CCCCC5(C(=O)NCC(F)(F)F)c6ccccc6Sc6ccccc65)CC4)cc3C2=O)c1. The molecule has 3 aliphatic heterocycles. The van der Waals surface area contributed by atoms with Gasteiger partial charge in [0.1, 0.15) is 17.7 Å². The zero-order valence-electron chi connectivity index (χ0n) is 28.5. The summed E-state index contributed by atoms with van der Waals surface area (Å²) in [6, 6.07) is 29.2. The third kappa shape index (κ3) is 7.32. The minimum Gasteiger partial charge on any atom is -0.497 e. The molecule has 1 N–H and O–H groups in total. The number of alkyl halides is 3. The summed E-state index contributed by atoms with van der Waals surface area (Å²) in [5.41, 5.74) is 4.18. The molecule has 0 unspecified atom stereocenters. The molecule has 7 nitrogen and oxygen atoms in total. The molecule has 0 radical (unpaired) electrons. The molecule has 0 aliphatic carbocycles. The smallest absolute Gasteiger partial charge is 0.405 e. The van der Waals surface area contributed by atoms with Gasteiger partial charge in [0.15, 0.2) is 0 Å². The number of carbonyl (C=O) groups excluding carboxylic acids is 2. The summed E-state index contributed by atoms with van der Waals surface area (Å²) >= 11 is 1.55. The fourth-order valence-electron chi connectivity index (χ4n) is 7.66. The normalized spacial score (nSPS) is 16.7. The number of nitrogens with zero attached hydrogens (tertiary/aromatic N) is 3. The molecule has 11 heteroatoms. The number of carbonyl (C=O) groups is 2. The van der Waals surface area contributed by atoms with Crippen LogP contribution < -0.4 is 15.0 Å². The monoisotopic (exact) mass is 714 g/mol. The lowest BCUT2D eigenvalue weighted by molar-refractivity contribution is -0.141. The maximum atomic E-state index is 13.9. The number of ether oxygens (including phenoxy) is 1. The molecule has 1 fully saturated rings. The molecule has 0 bridgehead atoms. The maximum Gasteiger partial charge on any atom is 0.405 e. The van der Waals surface area contributed by atoms with E-state index in [4.69, 9.17) is 4.74 Å². The Labute approximate surface area is 300 Å². The highest BCUT2D eigenvalue weighted by Gasteiger charge is 2.47. The fraction of sp³-hybridized carbons (Fsp3) is 0.350. The first-order valence-corrected chi connectivity index (χ1v) is 18.2. The van der Waals surface area contributed by atoms with Gasteiger partial charge in [0, 0.05) is 60.3 Å². The number of hydrogen-bond donors (Lipinski definition) is 1. The quantitative estimate of drug-likeness (QED) is 0.165. The molecule has 1 saturated heterocycles. The number of methoxy groups -OCH3 is 1. The van der Waals surface area contributed by atoms with Crippen LogP contribution in [0.25, 0.3) is 0 Å². The third-order valence-electron chi connectivity index (χ3n) is 10.2. The predicted octanol–water partition coefficient (Wildman–Crippen LogP) is 7.27. The molecule has 3 heterocycles. The van der Waals surface area contributed by atoms with E-state index in [2.05, 4.69) is 27.2 Å². The Hall–Kier alpha value is -4.48. The first kappa shape index (κ1) is 34.9. The number of piperazine rings is 1. The average molecular weight is 715 g/mol. The predicted molar refractivity (Wildman–Crippen MR) is 192 cm³/mol. The van der Waals surface area contributed by atoms with Crippen molar-refractivity contribution in [3.63, 3.8) is 0 Å². The standard InChI is InChI=1S/C40H41F3N4O3S/c1-50-31-10-8-9-28(23-31)25-47-26-29-15-16-30(24-32(29)37(47)48)46-21-19-45(20-22-46)18-7-6-17-39(38(49)44-27-40(41,42)43)33-11-2-4-13-35(33)51-36-14-5-3-12-34(36)39/h2-5,8-16,23-24H,6-7,17-22,25-27H2,1H3,(H,44,49). The topological polar surface area (TPSA) is 65.1 Å². The van der Waals surface area contributed by atoms with Crippen LogP contribution in [0.2, 0.25) is 0 Å². The van der Waals surface area contributed by atoms with Crippen molar-refractivity contribution >= 4 is 29.3 Å². The van der Waals surface area contributed by atoms with Gasteiger partial charge in [-0.1, -0.05) is 72.8 Å². The van der Waals surface area contributed by atoms with E-state index >= 15 is 0 Å². The summed E-state index contributed by atoms with van der Waals surface area (Å²) in [4.78, 5) is 35.7. The van der Waals surface area contributed by atoms with Gasteiger partial charge in [-0.2, -0.15) is 13.2 Å². The highest BCUT2D eigenvalue weighted by Crippen LogP contribution is 2.51. The number of anilines is 1. The summed E-state index contributed by atoms with van der Waals surface area (Å²) in [7, 11) is 1.64. The Morgan fingerprint density at radius 1 is 0.882 bits per heavy atom. The Balaban J connectivity index is 0.969. The van der Waals surface area contributed by atoms with Crippen molar-refractivity contribution in [2.24, 2.45) is 0 Å². The molecular formula is C40H41F3N4O3S. The molecule has 7 rings (SSSR count). The minimum absolute atomic E-state index is 0.0416. The van der Waals surface area contributed by atoms with E-state index in [1.54, 1.807) is 18.9 Å². The van der Waals surface area contributed by atoms with E-state index in [0.29, 0.717) is 25.9 Å². The average Bonchev–Trinajstić information content (AvgIpc) is 3.45. The molecule has 266 valence electrons. The van der Waals surface area contributed by atoms with Gasteiger partial charge < -0.3 is 19.9 Å². The van der Waals surface area contributed by atoms with E-state index in [1.165, 1.54) is 0 Å². The molecule has 0 aromatic heterocycles. The van der Waals surface area contributed by atoms with Crippen LogP contribution in [0.15, 0.2) is 101 Å². The number of fused-ring (bicyclic) bond motifs is 3. The lowest BCUT2D eigenvalue weighted by Gasteiger charge is -2.40. The summed E-state index contributed by atoms with van der Waals surface area (Å²) in [6.45, 7) is 3.92. The van der Waals surface area contributed by atoms with Crippen LogP contribution >= 0.6 is 11.8 Å². The molecule has 4 aromatic carbocycles. The highest BCUT2D eigenvalue weighted by molar-refractivity contribution is 7.99. The van der Waals surface area contributed by atoms with Gasteiger partial charge >= 0.3 is 6.18 Å². The van der Waals surface area contributed by atoms with Crippen molar-refractivity contribution in [3.8, 4) is 5.75 Å². The van der Waals surface area contributed by atoms with Crippen LogP contribution in [0.1, 0.15) is 51.9 Å². The molecule has 3 aliphatic rings. The number of hydrogen-bond acceptors (Lipinski definition) is 6. The Morgan fingerprint density at radius 3 is 2.27 bits per heavy atom. The molecule has 2 amide bonds. The number of nitrogens with one attached hydrogen (secondary N) is 1. The first-order chi connectivity index (χ1) is 24.6. The van der Waals surface area contributed by atoms with Crippen molar-refractivity contribution < 1.29 is 27.5 Å². The van der Waals surface area contributed by atoms with Gasteiger partial charge in [0.05, 0.1) is 7.11 Å². The number of rotatable bonds is 11. The second kappa shape index (κ2) is 14.6. The van der Waals surface area contributed by atoms with Crippen LogP contribution in [0.3, 0.4) is 0 Å². The van der Waals surface area contributed by atoms with Crippen molar-refractivity contribution in [1.82, 2.24) is 15.1 Å². The number of halogens is 3. The largest absolute Gasteiger partial charge is 0.497 e. The number of benzene rings is 4. The zero-order chi connectivity index (χ0) is 35.6. The van der Waals surface area contributed by atoms with Crippen LogP contribution in [0.4, 0.5) is 18.9 Å². The first-order valence-electron chi connectivity index (χ1n) is 17.4. The van der Waals surface area contributed by atoms with Crippen molar-refractivity contribution in [2.45, 2.75) is 53.7 Å². The summed E-state index contributed by atoms with van der Waals surface area (Å²) in [6.07, 6.45) is -2.62. The Bertz CT molecular complexity index is 1860. The van der Waals surface area contributed by atoms with Gasteiger partial charge in [-0.05, 0) is 78.0 Å². The van der Waals surface area contributed by atoms with Gasteiger partial charge in [-0.25, -0.2) is 0 Å². The fourth-order valence-corrected chi connectivity index (χ4v) is 8.89. The van der Waals surface area contributed by atoms with Crippen molar-refractivity contribution in [1.29, 1.82) is 0 Å². The Morgan fingerprint density at radius 2 is 1.59 bits per heavy atom. The van der Waals surface area contributed by atoms with Crippen molar-refractivity contribution in [2.75, 3.05) is 51.3 Å². The van der Waals surface area contributed by atoms with Crippen LogP contribution in [-0.2, 0) is 23.3 Å². The number of unbranched alkanes of at least 4 members (excludes halogenated alkanes) is 1. The van der Waals surface area contributed by atoms with Gasteiger partial charge in [0.2, 0.25) is 5.91 Å². The van der Waals surface area contributed by atoms with E-state index < -0.39 is 24.0 Å². The van der Waals surface area contributed by atoms with Crippen LogP contribution in [0.5, 0.6) is 5.75 Å². The molecule has 0 atom stereocenters. The zero-order valence-corrected chi connectivity index (χ0v) is 29.4. The van der Waals surface area contributed by atoms with Gasteiger partial charge in [-0.3, -0.25) is 14.5 Å². The second-order valence-electron chi connectivity index (χ2n) is 13.4. The summed E-state index contributed by atoms with van der Waals surface area (Å²) in [5, 5.41) is 2.24. The molecule has 51 heavy (non-hydrogen) atoms. The highest BCUT2D eigenvalue weighted by atomic mass is 32.2. The lowest BCUT2D eigenvalue weighted by atomic mass is 9.69. The Kier molecular flexibility index (Phi) is 10.0. The van der Waals surface area contributed by atoms with E-state index in [9.17, 15) is 22.8 Å². The van der Waals surface area contributed by atoms with E-state index in [-0.39, 0.29) is 5.91 Å². The van der Waals surface area contributed by atoms with Crippen LogP contribution in [0, 0.1) is 0 Å².